The minimum absolute atomic E-state index is 0.0520. The maximum Gasteiger partial charge on any atom is 0.344 e. The van der Waals surface area contributed by atoms with Crippen LogP contribution in [0, 0.1) is 0 Å². The van der Waals surface area contributed by atoms with Gasteiger partial charge in [0.25, 0.3) is 0 Å². The van der Waals surface area contributed by atoms with Crippen LogP contribution in [-0.2, 0) is 42.6 Å². The Morgan fingerprint density at radius 2 is 0.731 bits per heavy atom. The van der Waals surface area contributed by atoms with Crippen molar-refractivity contribution in [2.24, 2.45) is 0 Å². The van der Waals surface area contributed by atoms with Gasteiger partial charge < -0.3 is 209 Å². The quantitative estimate of drug-likeness (QED) is 0.0155. The standard InChI is InChI=1S/C82H56O52/c83-15-41-57(106)67(130-72(111)18-3-29(86)48(97)30(87)4-18)69(81(120)124-41)132-79(118)25-11-36(93)52(101)59(108)61(25)122-39-13-23-44(65(55(39)104)127-71(110)17-1-27(84)47(96)28(85)2-17)43-21(9-35(92)51(100)58(43)107)75(114)121-16-42-63(126-77(23)116)68(131-73(112)19-5-31(88)49(98)32(89)6-19)70(133-74(113)20-7-33(90)50(99)34(91)8-20)82(125-42)134-80(119)26-12-37(94)53(102)60(109)62(26)123-40-14-24-46-45-22(76(115)129-66(46)56(40)105)10-38(95)54(103)64(45)128-78(24)117/h1-14,41-42,57,63,67-70,81-109,120H,15-16H2/t41-,42-,57-,63-,67+,68+,69-,70-,81-,82+/m1/s1. The summed E-state index contributed by atoms with van der Waals surface area (Å²) in [4.78, 5) is 148. The summed E-state index contributed by atoms with van der Waals surface area (Å²) < 4.78 is 78.6. The van der Waals surface area contributed by atoms with Crippen molar-refractivity contribution in [1.29, 1.82) is 0 Å². The Hall–Kier alpha value is -18.7. The highest BCUT2D eigenvalue weighted by Gasteiger charge is 2.57. The summed E-state index contributed by atoms with van der Waals surface area (Å²) in [7, 11) is 0. The van der Waals surface area contributed by atoms with E-state index in [2.05, 4.69) is 0 Å². The van der Waals surface area contributed by atoms with Crippen LogP contribution in [0.3, 0.4) is 0 Å². The summed E-state index contributed by atoms with van der Waals surface area (Å²) >= 11 is 0. The summed E-state index contributed by atoms with van der Waals surface area (Å²) in [6, 6.07) is 4.62. The second-order valence-corrected chi connectivity index (χ2v) is 28.9. The molecule has 3 aliphatic heterocycles. The molecule has 0 aliphatic carbocycles. The van der Waals surface area contributed by atoms with E-state index in [1.54, 1.807) is 0 Å². The second kappa shape index (κ2) is 33.5. The van der Waals surface area contributed by atoms with Gasteiger partial charge in [0, 0.05) is 46.2 Å². The van der Waals surface area contributed by atoms with E-state index in [0.717, 1.165) is 0 Å². The number of benzene rings is 10. The van der Waals surface area contributed by atoms with Gasteiger partial charge in [0.05, 0.1) is 50.8 Å². The topological polar surface area (TPSA) is 874 Å². The molecule has 15 rings (SSSR count). The van der Waals surface area contributed by atoms with Crippen LogP contribution in [0.25, 0.3) is 43.8 Å². The number of esters is 8. The Labute approximate surface area is 733 Å². The van der Waals surface area contributed by atoms with E-state index in [1.165, 1.54) is 0 Å². The van der Waals surface area contributed by atoms with Crippen molar-refractivity contribution >= 4 is 80.5 Å². The summed E-state index contributed by atoms with van der Waals surface area (Å²) in [5.74, 6) is -61.6. The van der Waals surface area contributed by atoms with Gasteiger partial charge in [0.2, 0.25) is 58.4 Å². The summed E-state index contributed by atoms with van der Waals surface area (Å²) in [5.41, 5.74) is -18.6. The molecule has 0 radical (unpaired) electrons. The van der Waals surface area contributed by atoms with Gasteiger partial charge in [-0.3, -0.25) is 0 Å². The normalized spacial score (nSPS) is 18.7. The molecule has 696 valence electrons. The molecule has 10 atom stereocenters. The van der Waals surface area contributed by atoms with Crippen LogP contribution in [-0.4, -0.2) is 265 Å². The highest BCUT2D eigenvalue weighted by Crippen LogP contribution is 2.59. The molecule has 2 aromatic heterocycles. The number of carbonyl (C=O) groups is 8. The molecule has 0 saturated carbocycles. The van der Waals surface area contributed by atoms with E-state index in [4.69, 9.17) is 65.7 Å². The molecule has 0 spiro atoms. The molecule has 52 heteroatoms. The molecule has 0 amide bonds. The fourth-order valence-electron chi connectivity index (χ4n) is 14.1. The molecule has 3 aliphatic rings. The molecule has 12 aromatic rings. The summed E-state index contributed by atoms with van der Waals surface area (Å²) in [6.45, 7) is -3.00. The number of hydrogen-bond acceptors (Lipinski definition) is 52. The number of rotatable bonds is 17. The van der Waals surface area contributed by atoms with Crippen molar-refractivity contribution in [3.05, 3.63) is 150 Å². The van der Waals surface area contributed by atoms with Gasteiger partial charge in [-0.25, -0.2) is 47.9 Å². The minimum Gasteiger partial charge on any atom is -0.504 e. The number of carbonyl (C=O) groups excluding carboxylic acids is 8. The summed E-state index contributed by atoms with van der Waals surface area (Å²) in [5, 5.41) is 305. The lowest BCUT2D eigenvalue weighted by atomic mass is 9.91. The Bertz CT molecular complexity index is 7110. The maximum atomic E-state index is 16.4. The smallest absolute Gasteiger partial charge is 0.344 e. The molecule has 0 bridgehead atoms. The number of ether oxygens (including phenoxy) is 12. The molecule has 52 nitrogen and oxygen atoms in total. The molecule has 10 aromatic carbocycles. The predicted molar refractivity (Wildman–Crippen MR) is 419 cm³/mol. The Morgan fingerprint density at radius 1 is 0.343 bits per heavy atom. The van der Waals surface area contributed by atoms with Crippen LogP contribution >= 0.6 is 0 Å². The Balaban J connectivity index is 0.917. The molecule has 2 fully saturated rings. The third-order valence-corrected chi connectivity index (χ3v) is 20.6. The maximum absolute atomic E-state index is 16.4. The van der Waals surface area contributed by atoms with Crippen molar-refractivity contribution < 1.29 is 247 Å². The predicted octanol–water partition coefficient (Wildman–Crippen LogP) is 3.15. The number of phenols is 25. The summed E-state index contributed by atoms with van der Waals surface area (Å²) in [6.07, 6.45) is -27.7. The van der Waals surface area contributed by atoms with Crippen molar-refractivity contribution in [2.75, 3.05) is 13.2 Å². The number of cyclic esters (lactones) is 1. The molecule has 2 saturated heterocycles. The van der Waals surface area contributed by atoms with Crippen LogP contribution < -0.4 is 25.5 Å². The highest BCUT2D eigenvalue weighted by molar-refractivity contribution is 6.22. The zero-order valence-electron chi connectivity index (χ0n) is 65.6. The fraction of sp³-hybridized carbons (Fsp3) is 0.146. The first-order valence-electron chi connectivity index (χ1n) is 37.1. The Kier molecular flexibility index (Phi) is 22.5. The monoisotopic (exact) mass is 1870 g/mol. The number of aromatic hydroxyl groups is 25. The van der Waals surface area contributed by atoms with E-state index in [0.29, 0.717) is 60.7 Å². The zero-order valence-corrected chi connectivity index (χ0v) is 65.6. The average Bonchev–Trinajstić information content (AvgIpc) is 0.746. The van der Waals surface area contributed by atoms with Crippen LogP contribution in [0.15, 0.2) is 103 Å². The van der Waals surface area contributed by atoms with Crippen LogP contribution in [0.5, 0.6) is 172 Å². The fourth-order valence-corrected chi connectivity index (χ4v) is 14.1. The molecule has 28 N–H and O–H groups in total. The van der Waals surface area contributed by atoms with Crippen molar-refractivity contribution in [1.82, 2.24) is 0 Å². The minimum atomic E-state index is -3.18. The molecule has 0 unspecified atom stereocenters. The van der Waals surface area contributed by atoms with Crippen molar-refractivity contribution in [3.8, 4) is 184 Å². The van der Waals surface area contributed by atoms with E-state index in [1.807, 2.05) is 0 Å². The highest BCUT2D eigenvalue weighted by atomic mass is 16.8. The van der Waals surface area contributed by atoms with Crippen LogP contribution in [0.2, 0.25) is 0 Å². The van der Waals surface area contributed by atoms with Gasteiger partial charge in [0.1, 0.15) is 36.0 Å². The second-order valence-electron chi connectivity index (χ2n) is 28.9. The van der Waals surface area contributed by atoms with Gasteiger partial charge in [-0.05, 0) is 60.7 Å². The third kappa shape index (κ3) is 15.4. The number of phenolic OH excluding ortho intramolecular Hbond substituents is 25. The largest absolute Gasteiger partial charge is 0.504 e. The van der Waals surface area contributed by atoms with E-state index < -0.39 is 394 Å². The number of hydrogen-bond donors (Lipinski definition) is 28. The van der Waals surface area contributed by atoms with Gasteiger partial charge >= 0.3 is 59.0 Å². The lowest BCUT2D eigenvalue weighted by molar-refractivity contribution is -0.285. The van der Waals surface area contributed by atoms with E-state index >= 15 is 19.2 Å². The van der Waals surface area contributed by atoms with E-state index in [-0.39, 0.29) is 24.3 Å². The van der Waals surface area contributed by atoms with Crippen LogP contribution in [0.4, 0.5) is 0 Å². The first kappa shape index (κ1) is 90.1. The molecular weight excluding hydrogens is 1820 g/mol. The molecule has 134 heavy (non-hydrogen) atoms. The van der Waals surface area contributed by atoms with Crippen LogP contribution in [0.1, 0.15) is 82.9 Å². The van der Waals surface area contributed by atoms with Crippen molar-refractivity contribution in [2.45, 2.75) is 61.4 Å². The van der Waals surface area contributed by atoms with Gasteiger partial charge in [0.15, 0.2) is 168 Å². The van der Waals surface area contributed by atoms with Gasteiger partial charge in [-0.1, -0.05) is 0 Å². The Morgan fingerprint density at radius 3 is 1.21 bits per heavy atom. The number of aliphatic hydroxyl groups is 3. The third-order valence-electron chi connectivity index (χ3n) is 20.6. The number of aliphatic hydroxyl groups excluding tert-OH is 3. The van der Waals surface area contributed by atoms with Gasteiger partial charge in [-0.15, -0.1) is 0 Å². The average molecular weight is 1870 g/mol. The number of fused-ring (bicyclic) bond motifs is 4. The SMILES string of the molecule is O=C(Oc1c(O)c(Oc2c(C(=O)O[C@@H]3[C@@H](OC(=O)c4cc(O)c(O)c(O)c4)[C@H](O)[C@@H](CO)O[C@H]3O)cc(O)c(O)c2O)cc2c1-c1c(cc(O)c(O)c1O)C(=O)OC[C@H]1O[C@@H](OC(=O)c3cc(O)c(O)c(O)c3Oc3cc4c(=O)oc5c(O)c(O)cc6c(=O)oc(c3O)c4c56)[C@H](OC(=O)c3cc(O)c(O)c(O)c3)[C@@H](OC(=O)c3cc(O)c(O)c(O)c3)[C@@H]1OC2=O)c1cc(O)c(O)c(O)c1. The zero-order chi connectivity index (χ0) is 97.3. The molecular formula is C82H56O52. The van der Waals surface area contributed by atoms with Crippen molar-refractivity contribution in [3.63, 3.8) is 0 Å². The van der Waals surface area contributed by atoms with Gasteiger partial charge in [-0.2, -0.15) is 0 Å². The lowest BCUT2D eigenvalue weighted by Crippen LogP contribution is -2.63. The lowest BCUT2D eigenvalue weighted by Gasteiger charge is -2.43. The van der Waals surface area contributed by atoms with E-state index in [9.17, 15) is 172 Å². The molecule has 5 heterocycles. The first-order chi connectivity index (χ1) is 63.2. The first-order valence-corrected chi connectivity index (χ1v) is 37.1.